The van der Waals surface area contributed by atoms with Crippen molar-refractivity contribution < 1.29 is 9.15 Å². The van der Waals surface area contributed by atoms with E-state index in [1.54, 1.807) is 24.5 Å². The molecule has 0 bridgehead atoms. The molecular formula is C18H19N5O2. The van der Waals surface area contributed by atoms with Gasteiger partial charge in [0.15, 0.2) is 6.61 Å². The van der Waals surface area contributed by atoms with Crippen molar-refractivity contribution in [3.05, 3.63) is 60.7 Å². The number of aromatic nitrogens is 4. The van der Waals surface area contributed by atoms with Crippen LogP contribution in [0.1, 0.15) is 30.5 Å². The second-order valence-electron chi connectivity index (χ2n) is 5.95. The molecule has 0 N–H and O–H groups in total. The fraction of sp³-hybridized carbons (Fsp3) is 0.333. The molecule has 0 aromatic carbocycles. The van der Waals surface area contributed by atoms with E-state index in [4.69, 9.17) is 9.15 Å². The fourth-order valence-electron chi connectivity index (χ4n) is 2.97. The van der Waals surface area contributed by atoms with Crippen LogP contribution >= 0.6 is 0 Å². The standard InChI is InChI=1S/C18H19N5O2/c1-2-8-20-16(3-1)23-11-6-14(7-12-23)18-22-21-17(25-18)13-24-15-4-9-19-10-5-15/h1-5,8-10,14H,6-7,11-13H2. The van der Waals surface area contributed by atoms with E-state index in [0.29, 0.717) is 17.7 Å². The van der Waals surface area contributed by atoms with Crippen LogP contribution < -0.4 is 9.64 Å². The Balaban J connectivity index is 1.32. The van der Waals surface area contributed by atoms with Crippen LogP contribution in [0, 0.1) is 0 Å². The zero-order valence-electron chi connectivity index (χ0n) is 13.8. The Morgan fingerprint density at radius 3 is 2.64 bits per heavy atom. The van der Waals surface area contributed by atoms with Crippen LogP contribution in [0.15, 0.2) is 53.3 Å². The normalized spacial score (nSPS) is 15.3. The number of anilines is 1. The van der Waals surface area contributed by atoms with E-state index < -0.39 is 0 Å². The predicted octanol–water partition coefficient (Wildman–Crippen LogP) is 2.82. The van der Waals surface area contributed by atoms with Gasteiger partial charge in [0, 0.05) is 37.6 Å². The maximum absolute atomic E-state index is 5.79. The highest BCUT2D eigenvalue weighted by molar-refractivity contribution is 5.38. The highest BCUT2D eigenvalue weighted by Gasteiger charge is 2.25. The van der Waals surface area contributed by atoms with Crippen LogP contribution in [0.5, 0.6) is 5.75 Å². The molecule has 1 aliphatic heterocycles. The quantitative estimate of drug-likeness (QED) is 0.708. The largest absolute Gasteiger partial charge is 0.484 e. The first kappa shape index (κ1) is 15.6. The van der Waals surface area contributed by atoms with Gasteiger partial charge in [0.2, 0.25) is 5.89 Å². The fourth-order valence-corrected chi connectivity index (χ4v) is 2.97. The molecule has 0 spiro atoms. The lowest BCUT2D eigenvalue weighted by atomic mass is 9.97. The van der Waals surface area contributed by atoms with Crippen molar-refractivity contribution in [1.29, 1.82) is 0 Å². The molecule has 7 heteroatoms. The summed E-state index contributed by atoms with van der Waals surface area (Å²) in [6.07, 6.45) is 7.15. The van der Waals surface area contributed by atoms with Crippen LogP contribution in [-0.2, 0) is 6.61 Å². The van der Waals surface area contributed by atoms with E-state index in [1.165, 1.54) is 0 Å². The summed E-state index contributed by atoms with van der Waals surface area (Å²) in [5, 5.41) is 8.31. The second kappa shape index (κ2) is 7.29. The Morgan fingerprint density at radius 1 is 1.04 bits per heavy atom. The van der Waals surface area contributed by atoms with Crippen LogP contribution in [0.2, 0.25) is 0 Å². The molecule has 0 amide bonds. The third-order valence-corrected chi connectivity index (χ3v) is 4.31. The van der Waals surface area contributed by atoms with Crippen LogP contribution in [0.3, 0.4) is 0 Å². The molecular weight excluding hydrogens is 318 g/mol. The van der Waals surface area contributed by atoms with Gasteiger partial charge in [0.1, 0.15) is 11.6 Å². The van der Waals surface area contributed by atoms with Crippen molar-refractivity contribution in [1.82, 2.24) is 20.2 Å². The molecule has 4 rings (SSSR count). The zero-order valence-corrected chi connectivity index (χ0v) is 13.8. The highest BCUT2D eigenvalue weighted by atomic mass is 16.5. The minimum atomic E-state index is 0.268. The Labute approximate surface area is 145 Å². The lowest BCUT2D eigenvalue weighted by Crippen LogP contribution is -2.33. The summed E-state index contributed by atoms with van der Waals surface area (Å²) in [6, 6.07) is 9.59. The topological polar surface area (TPSA) is 77.2 Å². The summed E-state index contributed by atoms with van der Waals surface area (Å²) < 4.78 is 11.4. The summed E-state index contributed by atoms with van der Waals surface area (Å²) in [5.74, 6) is 3.26. The van der Waals surface area contributed by atoms with Crippen LogP contribution in [0.4, 0.5) is 5.82 Å². The Morgan fingerprint density at radius 2 is 1.88 bits per heavy atom. The number of hydrogen-bond acceptors (Lipinski definition) is 7. The average molecular weight is 337 g/mol. The summed E-state index contributed by atoms with van der Waals surface area (Å²) >= 11 is 0. The molecule has 128 valence electrons. The van der Waals surface area contributed by atoms with E-state index in [2.05, 4.69) is 25.1 Å². The monoisotopic (exact) mass is 337 g/mol. The zero-order chi connectivity index (χ0) is 16.9. The molecule has 4 heterocycles. The first-order valence-electron chi connectivity index (χ1n) is 8.39. The van der Waals surface area contributed by atoms with E-state index in [0.717, 1.165) is 37.5 Å². The maximum atomic E-state index is 5.79. The molecule has 3 aromatic rings. The summed E-state index contributed by atoms with van der Waals surface area (Å²) in [7, 11) is 0. The predicted molar refractivity (Wildman–Crippen MR) is 91.3 cm³/mol. The molecule has 0 radical (unpaired) electrons. The van der Waals surface area contributed by atoms with Gasteiger partial charge in [-0.1, -0.05) is 6.07 Å². The smallest absolute Gasteiger partial charge is 0.253 e. The molecule has 3 aromatic heterocycles. The third-order valence-electron chi connectivity index (χ3n) is 4.31. The lowest BCUT2D eigenvalue weighted by Gasteiger charge is -2.31. The molecule has 1 saturated heterocycles. The minimum Gasteiger partial charge on any atom is -0.484 e. The van der Waals surface area contributed by atoms with Gasteiger partial charge in [-0.15, -0.1) is 10.2 Å². The summed E-state index contributed by atoms with van der Waals surface area (Å²) in [4.78, 5) is 10.7. The van der Waals surface area contributed by atoms with Crippen molar-refractivity contribution in [2.24, 2.45) is 0 Å². The van der Waals surface area contributed by atoms with Crippen molar-refractivity contribution in [3.8, 4) is 5.75 Å². The molecule has 0 unspecified atom stereocenters. The van der Waals surface area contributed by atoms with Gasteiger partial charge >= 0.3 is 0 Å². The highest BCUT2D eigenvalue weighted by Crippen LogP contribution is 2.29. The molecule has 0 atom stereocenters. The molecule has 7 nitrogen and oxygen atoms in total. The number of rotatable bonds is 5. The first-order valence-corrected chi connectivity index (χ1v) is 8.39. The van der Waals surface area contributed by atoms with Crippen LogP contribution in [0.25, 0.3) is 0 Å². The Kier molecular flexibility index (Phi) is 4.54. The molecule has 0 aliphatic carbocycles. The number of hydrogen-bond donors (Lipinski definition) is 0. The molecule has 1 fully saturated rings. The third kappa shape index (κ3) is 3.76. The molecule has 25 heavy (non-hydrogen) atoms. The first-order chi connectivity index (χ1) is 12.4. The Hall–Kier alpha value is -2.96. The average Bonchev–Trinajstić information content (AvgIpc) is 3.17. The lowest BCUT2D eigenvalue weighted by molar-refractivity contribution is 0.253. The van der Waals surface area contributed by atoms with Crippen molar-refractivity contribution >= 4 is 5.82 Å². The van der Waals surface area contributed by atoms with Crippen molar-refractivity contribution in [2.45, 2.75) is 25.4 Å². The van der Waals surface area contributed by atoms with Gasteiger partial charge in [-0.2, -0.15) is 0 Å². The number of nitrogens with zero attached hydrogens (tertiary/aromatic N) is 5. The van der Waals surface area contributed by atoms with Gasteiger partial charge in [-0.25, -0.2) is 4.98 Å². The van der Waals surface area contributed by atoms with Gasteiger partial charge in [-0.05, 0) is 37.1 Å². The van der Waals surface area contributed by atoms with Gasteiger partial charge < -0.3 is 14.1 Å². The van der Waals surface area contributed by atoms with E-state index in [9.17, 15) is 0 Å². The molecule has 0 saturated carbocycles. The molecule has 1 aliphatic rings. The minimum absolute atomic E-state index is 0.268. The van der Waals surface area contributed by atoms with Crippen molar-refractivity contribution in [3.63, 3.8) is 0 Å². The number of piperidine rings is 1. The second-order valence-corrected chi connectivity index (χ2v) is 5.95. The van der Waals surface area contributed by atoms with Gasteiger partial charge in [0.25, 0.3) is 5.89 Å². The van der Waals surface area contributed by atoms with Crippen LogP contribution in [-0.4, -0.2) is 33.3 Å². The van der Waals surface area contributed by atoms with Crippen molar-refractivity contribution in [2.75, 3.05) is 18.0 Å². The number of ether oxygens (including phenoxy) is 1. The van der Waals surface area contributed by atoms with E-state index in [1.807, 2.05) is 24.4 Å². The SMILES string of the molecule is c1ccc(N2CCC(c3nnc(COc4ccncc4)o3)CC2)nc1. The summed E-state index contributed by atoms with van der Waals surface area (Å²) in [6.45, 7) is 2.14. The van der Waals surface area contributed by atoms with Gasteiger partial charge in [0.05, 0.1) is 0 Å². The number of pyridine rings is 2. The summed E-state index contributed by atoms with van der Waals surface area (Å²) in [5.41, 5.74) is 0. The van der Waals surface area contributed by atoms with E-state index in [-0.39, 0.29) is 6.61 Å². The van der Waals surface area contributed by atoms with E-state index >= 15 is 0 Å². The maximum Gasteiger partial charge on any atom is 0.253 e. The van der Waals surface area contributed by atoms with Gasteiger partial charge in [-0.3, -0.25) is 4.98 Å². The Bertz CT molecular complexity index is 785.